The lowest BCUT2D eigenvalue weighted by molar-refractivity contribution is -0.119. The molecule has 2 aliphatic heterocycles. The number of carbonyl (C=O) groups excluding carboxylic acids is 2. The lowest BCUT2D eigenvalue weighted by atomic mass is 10.1. The number of hydrogen-bond donors (Lipinski definition) is 2. The molecule has 0 bridgehead atoms. The van der Waals surface area contributed by atoms with Crippen molar-refractivity contribution in [2.75, 3.05) is 20.6 Å². The Kier molecular flexibility index (Phi) is 5.78. The third kappa shape index (κ3) is 4.67. The monoisotopic (exact) mass is 444 g/mol. The van der Waals surface area contributed by atoms with Crippen LogP contribution in [0.1, 0.15) is 21.5 Å². The molecule has 2 heterocycles. The zero-order valence-corrected chi connectivity index (χ0v) is 18.2. The van der Waals surface area contributed by atoms with Crippen molar-refractivity contribution < 1.29 is 19.1 Å². The van der Waals surface area contributed by atoms with Crippen molar-refractivity contribution in [1.29, 1.82) is 5.26 Å². The molecule has 33 heavy (non-hydrogen) atoms. The highest BCUT2D eigenvalue weighted by Gasteiger charge is 2.29. The van der Waals surface area contributed by atoms with Crippen LogP contribution in [-0.2, 0) is 4.79 Å². The molecule has 0 unspecified atom stereocenters. The second kappa shape index (κ2) is 8.84. The van der Waals surface area contributed by atoms with Crippen molar-refractivity contribution in [3.63, 3.8) is 0 Å². The number of nitrogens with one attached hydrogen (secondary N) is 2. The summed E-state index contributed by atoms with van der Waals surface area (Å²) in [7, 11) is 3.33. The topological polar surface area (TPSA) is 128 Å². The minimum Gasteiger partial charge on any atom is -0.437 e. The minimum absolute atomic E-state index is 0.0483. The summed E-state index contributed by atoms with van der Waals surface area (Å²) in [6.07, 6.45) is 0. The highest BCUT2D eigenvalue weighted by atomic mass is 16.5. The summed E-state index contributed by atoms with van der Waals surface area (Å²) < 4.78 is 11.8. The molecule has 0 spiro atoms. The van der Waals surface area contributed by atoms with Gasteiger partial charge in [-0.1, -0.05) is 12.1 Å². The first-order valence-electron chi connectivity index (χ1n) is 9.97. The molecule has 2 aromatic rings. The van der Waals surface area contributed by atoms with E-state index >= 15 is 0 Å². The normalized spacial score (nSPS) is 14.7. The fraction of sp³-hybridized carbons (Fsp3) is 0.174. The Labute approximate surface area is 189 Å². The van der Waals surface area contributed by atoms with Gasteiger partial charge in [0.1, 0.15) is 23.7 Å². The van der Waals surface area contributed by atoms with Crippen LogP contribution in [0.5, 0.6) is 11.5 Å². The number of aliphatic imine (C=N–C) groups is 2. The number of nitrogens with zero attached hydrogens (tertiary/aromatic N) is 4. The van der Waals surface area contributed by atoms with E-state index in [1.54, 1.807) is 56.6 Å². The molecule has 0 saturated heterocycles. The largest absolute Gasteiger partial charge is 0.437 e. The average Bonchev–Trinajstić information content (AvgIpc) is 2.80. The first-order valence-corrected chi connectivity index (χ1v) is 9.97. The van der Waals surface area contributed by atoms with Crippen LogP contribution in [0.2, 0.25) is 0 Å². The molecule has 2 aliphatic rings. The van der Waals surface area contributed by atoms with Crippen molar-refractivity contribution in [1.82, 2.24) is 15.5 Å². The Hall–Kier alpha value is -4.65. The number of aryl methyl sites for hydroxylation is 1. The lowest BCUT2D eigenvalue weighted by Gasteiger charge is -2.25. The maximum Gasteiger partial charge on any atom is 0.304 e. The molecule has 10 nitrogen and oxygen atoms in total. The van der Waals surface area contributed by atoms with Crippen molar-refractivity contribution in [3.8, 4) is 17.6 Å². The first-order chi connectivity index (χ1) is 15.8. The van der Waals surface area contributed by atoms with Crippen LogP contribution in [0.15, 0.2) is 64.0 Å². The summed E-state index contributed by atoms with van der Waals surface area (Å²) in [5.41, 5.74) is 1.90. The molecule has 4 rings (SSSR count). The second-order valence-corrected chi connectivity index (χ2v) is 7.46. The van der Waals surface area contributed by atoms with Gasteiger partial charge in [0.05, 0.1) is 11.6 Å². The van der Waals surface area contributed by atoms with E-state index in [9.17, 15) is 14.9 Å². The Morgan fingerprint density at radius 1 is 1.15 bits per heavy atom. The van der Waals surface area contributed by atoms with E-state index in [0.29, 0.717) is 28.5 Å². The maximum absolute atomic E-state index is 12.3. The molecule has 0 aliphatic carbocycles. The Morgan fingerprint density at radius 2 is 1.97 bits per heavy atom. The highest BCUT2D eigenvalue weighted by Crippen LogP contribution is 2.25. The van der Waals surface area contributed by atoms with Gasteiger partial charge in [-0.25, -0.2) is 0 Å². The summed E-state index contributed by atoms with van der Waals surface area (Å²) in [6.45, 7) is 1.76. The number of fused-ring (bicyclic) bond motifs is 1. The third-order valence-corrected chi connectivity index (χ3v) is 4.75. The van der Waals surface area contributed by atoms with Crippen molar-refractivity contribution >= 4 is 23.7 Å². The Bertz CT molecular complexity index is 1290. The van der Waals surface area contributed by atoms with E-state index in [0.717, 1.165) is 5.56 Å². The smallest absolute Gasteiger partial charge is 0.304 e. The van der Waals surface area contributed by atoms with Crippen LogP contribution in [-0.4, -0.2) is 49.2 Å². The second-order valence-electron chi connectivity index (χ2n) is 7.46. The van der Waals surface area contributed by atoms with Gasteiger partial charge >= 0.3 is 6.02 Å². The van der Waals surface area contributed by atoms with Crippen molar-refractivity contribution in [2.45, 2.75) is 6.92 Å². The molecule has 0 aromatic heterocycles. The summed E-state index contributed by atoms with van der Waals surface area (Å²) in [5.74, 6) is 0.670. The first kappa shape index (κ1) is 21.6. The van der Waals surface area contributed by atoms with Crippen LogP contribution in [0.25, 0.3) is 0 Å². The van der Waals surface area contributed by atoms with Gasteiger partial charge in [-0.2, -0.15) is 10.3 Å². The van der Waals surface area contributed by atoms with Gasteiger partial charge in [0.15, 0.2) is 5.84 Å². The van der Waals surface area contributed by atoms with Gasteiger partial charge < -0.3 is 19.7 Å². The fourth-order valence-electron chi connectivity index (χ4n) is 3.07. The number of nitriles is 1. The van der Waals surface area contributed by atoms with Crippen molar-refractivity contribution in [2.24, 2.45) is 9.98 Å². The number of benzene rings is 2. The summed E-state index contributed by atoms with van der Waals surface area (Å²) >= 11 is 0. The van der Waals surface area contributed by atoms with Gasteiger partial charge in [-0.3, -0.25) is 19.9 Å². The predicted octanol–water partition coefficient (Wildman–Crippen LogP) is 1.68. The molecule has 2 aromatic carbocycles. The number of ether oxygens (including phenoxy) is 2. The number of amides is 2. The van der Waals surface area contributed by atoms with E-state index in [-0.39, 0.29) is 36.0 Å². The zero-order valence-electron chi connectivity index (χ0n) is 18.2. The van der Waals surface area contributed by atoms with Gasteiger partial charge in [0.25, 0.3) is 11.8 Å². The van der Waals surface area contributed by atoms with Crippen LogP contribution in [0.4, 0.5) is 0 Å². The van der Waals surface area contributed by atoms with Gasteiger partial charge in [0.2, 0.25) is 5.91 Å². The Morgan fingerprint density at radius 3 is 2.73 bits per heavy atom. The molecule has 0 saturated carbocycles. The minimum atomic E-state index is -0.311. The molecule has 0 fully saturated rings. The highest BCUT2D eigenvalue weighted by molar-refractivity contribution is 6.13. The number of hydrogen-bond acceptors (Lipinski definition) is 8. The third-order valence-electron chi connectivity index (χ3n) is 4.75. The fourth-order valence-corrected chi connectivity index (χ4v) is 3.07. The van der Waals surface area contributed by atoms with E-state index in [1.807, 2.05) is 6.92 Å². The standard InChI is InChI=1S/C23H20N6O4/c1-13-7-8-14(11-24)9-17(13)33-21-19-20(25-12-18(30)26-19)27-23(28-21)32-16-6-4-5-15(10-16)22(31)29(2)3/h4-10H,12H2,1-3H3,(H,26,30)(H,25,27,28). The van der Waals surface area contributed by atoms with E-state index in [4.69, 9.17) is 9.47 Å². The van der Waals surface area contributed by atoms with Crippen LogP contribution < -0.4 is 20.1 Å². The molecular formula is C23H20N6O4. The zero-order chi connectivity index (χ0) is 23.5. The average molecular weight is 444 g/mol. The van der Waals surface area contributed by atoms with Crippen LogP contribution >= 0.6 is 0 Å². The molecule has 2 N–H and O–H groups in total. The molecule has 166 valence electrons. The molecular weight excluding hydrogens is 424 g/mol. The van der Waals surface area contributed by atoms with Crippen LogP contribution in [0, 0.1) is 18.3 Å². The van der Waals surface area contributed by atoms with Crippen LogP contribution in [0.3, 0.4) is 0 Å². The molecule has 0 radical (unpaired) electrons. The summed E-state index contributed by atoms with van der Waals surface area (Å²) in [5, 5.41) is 14.8. The SMILES string of the molecule is Cc1ccc(C#N)cc1OC1=C2NC(=O)CN=C2NC(Oc2cccc(C(=O)N(C)C)c2)=N1. The summed E-state index contributed by atoms with van der Waals surface area (Å²) in [4.78, 5) is 34.2. The lowest BCUT2D eigenvalue weighted by Crippen LogP contribution is -2.48. The summed E-state index contributed by atoms with van der Waals surface area (Å²) in [6, 6.07) is 13.8. The van der Waals surface area contributed by atoms with Gasteiger partial charge in [-0.15, -0.1) is 0 Å². The van der Waals surface area contributed by atoms with E-state index in [2.05, 4.69) is 26.7 Å². The Balaban J connectivity index is 1.68. The van der Waals surface area contributed by atoms with Gasteiger partial charge in [-0.05, 0) is 42.8 Å². The quantitative estimate of drug-likeness (QED) is 0.738. The molecule has 0 atom stereocenters. The maximum atomic E-state index is 12.3. The van der Waals surface area contributed by atoms with Crippen molar-refractivity contribution in [3.05, 3.63) is 70.7 Å². The number of carbonyl (C=O) groups is 2. The van der Waals surface area contributed by atoms with E-state index in [1.165, 1.54) is 4.90 Å². The molecule has 2 amide bonds. The molecule has 10 heteroatoms. The van der Waals surface area contributed by atoms with E-state index < -0.39 is 0 Å². The number of rotatable bonds is 4. The van der Waals surface area contributed by atoms with Gasteiger partial charge in [0, 0.05) is 19.7 Å². The predicted molar refractivity (Wildman–Crippen MR) is 120 cm³/mol. The number of amidine groups is 2.